The second kappa shape index (κ2) is 4.92. The van der Waals surface area contributed by atoms with Crippen molar-refractivity contribution in [3.8, 4) is 11.3 Å². The first-order chi connectivity index (χ1) is 11.5. The SMILES string of the molecule is COC(=O)c1c(-c2c(C)nnn2C)c2[nH]c3cccnc3c2n1C. The third kappa shape index (κ3) is 1.73. The number of aromatic amines is 1. The molecule has 0 unspecified atom stereocenters. The van der Waals surface area contributed by atoms with Crippen molar-refractivity contribution in [2.75, 3.05) is 7.11 Å². The molecular formula is C16H16N6O2. The Morgan fingerprint density at radius 1 is 1.33 bits per heavy atom. The molecule has 1 N–H and O–H groups in total. The molecule has 4 rings (SSSR count). The molecule has 0 fully saturated rings. The van der Waals surface area contributed by atoms with Gasteiger partial charge < -0.3 is 14.3 Å². The summed E-state index contributed by atoms with van der Waals surface area (Å²) in [7, 11) is 5.01. The molecule has 0 bridgehead atoms. The number of nitrogens with one attached hydrogen (secondary N) is 1. The van der Waals surface area contributed by atoms with E-state index in [2.05, 4.69) is 20.3 Å². The molecule has 4 aromatic rings. The third-order valence-electron chi connectivity index (χ3n) is 4.30. The van der Waals surface area contributed by atoms with Crippen molar-refractivity contribution in [3.63, 3.8) is 0 Å². The highest BCUT2D eigenvalue weighted by Crippen LogP contribution is 2.38. The maximum absolute atomic E-state index is 12.4. The number of pyridine rings is 1. The van der Waals surface area contributed by atoms with Gasteiger partial charge in [-0.1, -0.05) is 5.21 Å². The molecule has 0 aliphatic rings. The Morgan fingerprint density at radius 3 is 2.79 bits per heavy atom. The average Bonchev–Trinajstić information content (AvgIpc) is 3.19. The fraction of sp³-hybridized carbons (Fsp3) is 0.250. The fourth-order valence-corrected chi connectivity index (χ4v) is 3.28. The number of aryl methyl sites for hydroxylation is 3. The first-order valence-corrected chi connectivity index (χ1v) is 7.44. The molecule has 0 atom stereocenters. The lowest BCUT2D eigenvalue weighted by molar-refractivity contribution is 0.0591. The predicted octanol–water partition coefficient (Wildman–Crippen LogP) is 1.95. The van der Waals surface area contributed by atoms with E-state index in [1.807, 2.05) is 30.7 Å². The van der Waals surface area contributed by atoms with Crippen LogP contribution < -0.4 is 0 Å². The molecule has 4 aromatic heterocycles. The summed E-state index contributed by atoms with van der Waals surface area (Å²) in [4.78, 5) is 20.3. The minimum Gasteiger partial charge on any atom is -0.464 e. The van der Waals surface area contributed by atoms with E-state index in [0.717, 1.165) is 39.0 Å². The summed E-state index contributed by atoms with van der Waals surface area (Å²) in [5.41, 5.74) is 6.06. The van der Waals surface area contributed by atoms with Crippen LogP contribution in [-0.4, -0.2) is 42.6 Å². The first-order valence-electron chi connectivity index (χ1n) is 7.44. The van der Waals surface area contributed by atoms with Gasteiger partial charge in [0.25, 0.3) is 0 Å². The Balaban J connectivity index is 2.23. The average molecular weight is 324 g/mol. The lowest BCUT2D eigenvalue weighted by atomic mass is 10.1. The van der Waals surface area contributed by atoms with Gasteiger partial charge in [-0.05, 0) is 19.1 Å². The van der Waals surface area contributed by atoms with Crippen LogP contribution in [0.1, 0.15) is 16.2 Å². The summed E-state index contributed by atoms with van der Waals surface area (Å²) in [6, 6.07) is 3.83. The Kier molecular flexibility index (Phi) is 2.96. The van der Waals surface area contributed by atoms with Gasteiger partial charge in [0.2, 0.25) is 0 Å². The van der Waals surface area contributed by atoms with Crippen LogP contribution in [-0.2, 0) is 18.8 Å². The van der Waals surface area contributed by atoms with E-state index in [1.54, 1.807) is 17.9 Å². The Hall–Kier alpha value is -3.16. The number of hydrogen-bond donors (Lipinski definition) is 1. The van der Waals surface area contributed by atoms with Crippen LogP contribution in [0.2, 0.25) is 0 Å². The van der Waals surface area contributed by atoms with Crippen LogP contribution in [0.25, 0.3) is 33.3 Å². The molecule has 0 radical (unpaired) electrons. The predicted molar refractivity (Wildman–Crippen MR) is 88.6 cm³/mol. The lowest BCUT2D eigenvalue weighted by Gasteiger charge is -2.07. The van der Waals surface area contributed by atoms with Gasteiger partial charge in [-0.3, -0.25) is 4.98 Å². The maximum atomic E-state index is 12.4. The van der Waals surface area contributed by atoms with Crippen LogP contribution in [0.5, 0.6) is 0 Å². The van der Waals surface area contributed by atoms with Crippen molar-refractivity contribution in [2.45, 2.75) is 6.92 Å². The van der Waals surface area contributed by atoms with Crippen LogP contribution in [0.3, 0.4) is 0 Å². The van der Waals surface area contributed by atoms with Gasteiger partial charge in [0.1, 0.15) is 11.2 Å². The number of rotatable bonds is 2. The minimum atomic E-state index is -0.415. The summed E-state index contributed by atoms with van der Waals surface area (Å²) >= 11 is 0. The number of carbonyl (C=O) groups is 1. The number of carbonyl (C=O) groups excluding carboxylic acids is 1. The van der Waals surface area contributed by atoms with Gasteiger partial charge in [-0.25, -0.2) is 9.48 Å². The Morgan fingerprint density at radius 2 is 2.12 bits per heavy atom. The van der Waals surface area contributed by atoms with Gasteiger partial charge in [0.15, 0.2) is 0 Å². The zero-order valence-electron chi connectivity index (χ0n) is 13.8. The number of methoxy groups -OCH3 is 1. The summed E-state index contributed by atoms with van der Waals surface area (Å²) in [5, 5.41) is 8.18. The molecule has 8 nitrogen and oxygen atoms in total. The number of H-pyrrole nitrogens is 1. The molecule has 0 spiro atoms. The molecule has 0 saturated heterocycles. The van der Waals surface area contributed by atoms with Gasteiger partial charge in [-0.15, -0.1) is 5.10 Å². The number of nitrogens with zero attached hydrogens (tertiary/aromatic N) is 5. The van der Waals surface area contributed by atoms with E-state index < -0.39 is 5.97 Å². The monoisotopic (exact) mass is 324 g/mol. The quantitative estimate of drug-likeness (QED) is 0.569. The molecule has 0 aromatic carbocycles. The second-order valence-corrected chi connectivity index (χ2v) is 5.67. The molecule has 8 heteroatoms. The van der Waals surface area contributed by atoms with Gasteiger partial charge in [-0.2, -0.15) is 0 Å². The largest absolute Gasteiger partial charge is 0.464 e. The van der Waals surface area contributed by atoms with E-state index in [9.17, 15) is 4.79 Å². The number of aromatic nitrogens is 6. The standard InChI is InChI=1S/C16H16N6O2/c1-8-13(22(3)20-19-8)10-12-15(21(2)14(10)16(23)24-4)11-9(18-12)6-5-7-17-11/h5-7,18H,1-4H3. The van der Waals surface area contributed by atoms with Crippen LogP contribution in [0.15, 0.2) is 18.3 Å². The van der Waals surface area contributed by atoms with E-state index in [0.29, 0.717) is 5.69 Å². The zero-order valence-corrected chi connectivity index (χ0v) is 13.8. The molecular weight excluding hydrogens is 308 g/mol. The van der Waals surface area contributed by atoms with E-state index in [-0.39, 0.29) is 0 Å². The normalized spacial score (nSPS) is 11.5. The lowest BCUT2D eigenvalue weighted by Crippen LogP contribution is -2.10. The highest BCUT2D eigenvalue weighted by Gasteiger charge is 2.29. The summed E-state index contributed by atoms with van der Waals surface area (Å²) < 4.78 is 8.48. The molecule has 0 aliphatic heterocycles. The smallest absolute Gasteiger partial charge is 0.355 e. The van der Waals surface area contributed by atoms with E-state index in [4.69, 9.17) is 4.74 Å². The van der Waals surface area contributed by atoms with E-state index >= 15 is 0 Å². The summed E-state index contributed by atoms with van der Waals surface area (Å²) in [5.74, 6) is -0.415. The minimum absolute atomic E-state index is 0.415. The Bertz CT molecular complexity index is 1080. The topological polar surface area (TPSA) is 90.6 Å². The number of hydrogen-bond acceptors (Lipinski definition) is 5. The maximum Gasteiger partial charge on any atom is 0.355 e. The number of fused-ring (bicyclic) bond motifs is 3. The molecule has 122 valence electrons. The molecule has 0 amide bonds. The van der Waals surface area contributed by atoms with Gasteiger partial charge >= 0.3 is 5.97 Å². The van der Waals surface area contributed by atoms with Crippen molar-refractivity contribution in [1.82, 2.24) is 29.5 Å². The Labute approximate surface area is 137 Å². The van der Waals surface area contributed by atoms with Crippen LogP contribution >= 0.6 is 0 Å². The first kappa shape index (κ1) is 14.4. The van der Waals surface area contributed by atoms with Crippen LogP contribution in [0, 0.1) is 6.92 Å². The summed E-state index contributed by atoms with van der Waals surface area (Å²) in [6.45, 7) is 1.86. The van der Waals surface area contributed by atoms with E-state index in [1.165, 1.54) is 7.11 Å². The van der Waals surface area contributed by atoms with Crippen molar-refractivity contribution in [1.29, 1.82) is 0 Å². The highest BCUT2D eigenvalue weighted by molar-refractivity contribution is 6.14. The van der Waals surface area contributed by atoms with Crippen molar-refractivity contribution in [3.05, 3.63) is 29.7 Å². The van der Waals surface area contributed by atoms with Crippen LogP contribution in [0.4, 0.5) is 0 Å². The number of ether oxygens (including phenoxy) is 1. The molecule has 24 heavy (non-hydrogen) atoms. The van der Waals surface area contributed by atoms with Crippen molar-refractivity contribution in [2.24, 2.45) is 14.1 Å². The third-order valence-corrected chi connectivity index (χ3v) is 4.30. The number of esters is 1. The molecule has 4 heterocycles. The molecule has 0 aliphatic carbocycles. The van der Waals surface area contributed by atoms with Crippen molar-refractivity contribution < 1.29 is 9.53 Å². The van der Waals surface area contributed by atoms with Crippen molar-refractivity contribution >= 4 is 28.0 Å². The van der Waals surface area contributed by atoms with Gasteiger partial charge in [0.05, 0.1) is 40.6 Å². The second-order valence-electron chi connectivity index (χ2n) is 5.67. The zero-order chi connectivity index (χ0) is 17.0. The molecule has 0 saturated carbocycles. The van der Waals surface area contributed by atoms with Gasteiger partial charge in [0, 0.05) is 20.3 Å². The fourth-order valence-electron chi connectivity index (χ4n) is 3.28. The highest BCUT2D eigenvalue weighted by atomic mass is 16.5. The summed E-state index contributed by atoms with van der Waals surface area (Å²) in [6.07, 6.45) is 1.73.